The number of nitrogens with zero attached hydrogens (tertiary/aromatic N) is 3. The van der Waals surface area contributed by atoms with E-state index in [1.54, 1.807) is 18.2 Å². The SMILES string of the molecule is O=C(O)c1ccccc1/C=N/Nc1nc(=O)[nH]nc1Cc1ccccc1. The summed E-state index contributed by atoms with van der Waals surface area (Å²) in [4.78, 5) is 26.5. The van der Waals surface area contributed by atoms with Crippen molar-refractivity contribution in [3.8, 4) is 0 Å². The van der Waals surface area contributed by atoms with E-state index >= 15 is 0 Å². The Morgan fingerprint density at radius 1 is 1.15 bits per heavy atom. The fourth-order valence-electron chi connectivity index (χ4n) is 2.33. The average molecular weight is 349 g/mol. The van der Waals surface area contributed by atoms with Gasteiger partial charge in [0.05, 0.1) is 11.8 Å². The van der Waals surface area contributed by atoms with Gasteiger partial charge < -0.3 is 5.11 Å². The lowest BCUT2D eigenvalue weighted by Gasteiger charge is -2.06. The number of carboxylic acid groups (broad SMARTS) is 1. The van der Waals surface area contributed by atoms with Gasteiger partial charge in [-0.3, -0.25) is 5.43 Å². The topological polar surface area (TPSA) is 120 Å². The highest BCUT2D eigenvalue weighted by atomic mass is 16.4. The lowest BCUT2D eigenvalue weighted by atomic mass is 10.1. The van der Waals surface area contributed by atoms with Crippen LogP contribution >= 0.6 is 0 Å². The van der Waals surface area contributed by atoms with Crippen LogP contribution < -0.4 is 11.1 Å². The Morgan fingerprint density at radius 2 is 1.88 bits per heavy atom. The minimum atomic E-state index is -1.05. The number of nitrogens with one attached hydrogen (secondary N) is 2. The van der Waals surface area contributed by atoms with E-state index in [4.69, 9.17) is 0 Å². The van der Waals surface area contributed by atoms with Gasteiger partial charge in [-0.2, -0.15) is 15.2 Å². The number of aromatic carboxylic acids is 1. The normalized spacial score (nSPS) is 10.8. The maximum atomic E-state index is 11.5. The summed E-state index contributed by atoms with van der Waals surface area (Å²) in [6.07, 6.45) is 1.81. The predicted octanol–water partition coefficient (Wildman–Crippen LogP) is 1.90. The Balaban J connectivity index is 1.83. The maximum absolute atomic E-state index is 11.5. The van der Waals surface area contributed by atoms with Crippen LogP contribution in [0.25, 0.3) is 0 Å². The molecule has 0 unspecified atom stereocenters. The van der Waals surface area contributed by atoms with Gasteiger partial charge >= 0.3 is 11.7 Å². The molecule has 0 aliphatic carbocycles. The Morgan fingerprint density at radius 3 is 2.65 bits per heavy atom. The molecule has 0 spiro atoms. The molecule has 3 aromatic rings. The van der Waals surface area contributed by atoms with Crippen LogP contribution in [0.1, 0.15) is 27.2 Å². The zero-order valence-corrected chi connectivity index (χ0v) is 13.6. The molecule has 1 heterocycles. The van der Waals surface area contributed by atoms with Crippen molar-refractivity contribution >= 4 is 18.0 Å². The van der Waals surface area contributed by atoms with E-state index in [2.05, 4.69) is 25.7 Å². The van der Waals surface area contributed by atoms with Crippen LogP contribution in [-0.2, 0) is 6.42 Å². The number of carbonyl (C=O) groups is 1. The number of hydrogen-bond acceptors (Lipinski definition) is 6. The van der Waals surface area contributed by atoms with Crippen molar-refractivity contribution in [1.82, 2.24) is 15.2 Å². The van der Waals surface area contributed by atoms with Gasteiger partial charge in [0.25, 0.3) is 0 Å². The third kappa shape index (κ3) is 4.18. The molecule has 0 aliphatic heterocycles. The van der Waals surface area contributed by atoms with Crippen LogP contribution in [0.3, 0.4) is 0 Å². The molecule has 0 aliphatic rings. The van der Waals surface area contributed by atoms with Gasteiger partial charge in [-0.15, -0.1) is 0 Å². The summed E-state index contributed by atoms with van der Waals surface area (Å²) in [6.45, 7) is 0. The first kappa shape index (κ1) is 17.0. The molecule has 1 aromatic heterocycles. The van der Waals surface area contributed by atoms with Crippen LogP contribution in [-0.4, -0.2) is 32.5 Å². The molecule has 130 valence electrons. The van der Waals surface area contributed by atoms with Gasteiger partial charge in [-0.05, 0) is 11.6 Å². The van der Waals surface area contributed by atoms with Gasteiger partial charge in [0.1, 0.15) is 5.69 Å². The Labute approximate surface area is 148 Å². The molecule has 0 amide bonds. The summed E-state index contributed by atoms with van der Waals surface area (Å²) in [7, 11) is 0. The summed E-state index contributed by atoms with van der Waals surface area (Å²) in [5, 5.41) is 19.5. The predicted molar refractivity (Wildman–Crippen MR) is 96.5 cm³/mol. The van der Waals surface area contributed by atoms with E-state index in [0.717, 1.165) is 5.56 Å². The highest BCUT2D eigenvalue weighted by Gasteiger charge is 2.09. The average Bonchev–Trinajstić information content (AvgIpc) is 2.65. The van der Waals surface area contributed by atoms with Gasteiger partial charge in [0, 0.05) is 12.0 Å². The van der Waals surface area contributed by atoms with Gasteiger partial charge in [0.15, 0.2) is 5.82 Å². The number of aromatic nitrogens is 3. The summed E-state index contributed by atoms with van der Waals surface area (Å²) in [5.74, 6) is -0.838. The number of aromatic amines is 1. The minimum Gasteiger partial charge on any atom is -0.478 e. The van der Waals surface area contributed by atoms with Crippen molar-refractivity contribution < 1.29 is 9.90 Å². The monoisotopic (exact) mass is 349 g/mol. The number of hydrazone groups is 1. The fraction of sp³-hybridized carbons (Fsp3) is 0.0556. The molecular formula is C18H15N5O3. The van der Waals surface area contributed by atoms with Crippen molar-refractivity contribution in [2.75, 3.05) is 5.43 Å². The summed E-state index contributed by atoms with van der Waals surface area (Å²) >= 11 is 0. The molecule has 26 heavy (non-hydrogen) atoms. The second-order valence-electron chi connectivity index (χ2n) is 5.36. The number of hydrogen-bond donors (Lipinski definition) is 3. The first-order chi connectivity index (χ1) is 12.6. The van der Waals surface area contributed by atoms with Gasteiger partial charge in [-0.25, -0.2) is 14.7 Å². The van der Waals surface area contributed by atoms with Crippen LogP contribution in [0.15, 0.2) is 64.5 Å². The van der Waals surface area contributed by atoms with E-state index in [0.29, 0.717) is 17.7 Å². The van der Waals surface area contributed by atoms with Gasteiger partial charge in [0.2, 0.25) is 0 Å². The van der Waals surface area contributed by atoms with E-state index in [9.17, 15) is 14.7 Å². The van der Waals surface area contributed by atoms with Crippen molar-refractivity contribution in [2.45, 2.75) is 6.42 Å². The molecule has 0 saturated heterocycles. The summed E-state index contributed by atoms with van der Waals surface area (Å²) in [5.41, 5.74) is 4.13. The lowest BCUT2D eigenvalue weighted by Crippen LogP contribution is -2.17. The number of benzene rings is 2. The van der Waals surface area contributed by atoms with E-state index in [-0.39, 0.29) is 11.4 Å². The lowest BCUT2D eigenvalue weighted by molar-refractivity contribution is 0.0697. The van der Waals surface area contributed by atoms with E-state index < -0.39 is 11.7 Å². The molecule has 8 heteroatoms. The molecule has 0 fully saturated rings. The minimum absolute atomic E-state index is 0.125. The van der Waals surface area contributed by atoms with Crippen LogP contribution in [0.4, 0.5) is 5.82 Å². The highest BCUT2D eigenvalue weighted by molar-refractivity contribution is 5.98. The van der Waals surface area contributed by atoms with Crippen LogP contribution in [0.5, 0.6) is 0 Å². The molecule has 2 aromatic carbocycles. The summed E-state index contributed by atoms with van der Waals surface area (Å²) < 4.78 is 0. The first-order valence-corrected chi connectivity index (χ1v) is 7.74. The number of anilines is 1. The van der Waals surface area contributed by atoms with Crippen molar-refractivity contribution in [2.24, 2.45) is 5.10 Å². The summed E-state index contributed by atoms with van der Waals surface area (Å²) in [6, 6.07) is 16.0. The zero-order chi connectivity index (χ0) is 18.4. The quantitative estimate of drug-likeness (QED) is 0.462. The molecule has 8 nitrogen and oxygen atoms in total. The standard InChI is InChI=1S/C18H15N5O3/c24-17(25)14-9-5-4-8-13(14)11-19-22-16-15(21-23-18(26)20-16)10-12-6-2-1-3-7-12/h1-9,11H,10H2,(H,24,25)(H2,20,22,23,26)/b19-11+. The second kappa shape index (κ2) is 7.84. The Kier molecular flexibility index (Phi) is 5.14. The number of H-pyrrole nitrogens is 1. The van der Waals surface area contributed by atoms with Crippen molar-refractivity contribution in [3.63, 3.8) is 0 Å². The van der Waals surface area contributed by atoms with Crippen LogP contribution in [0, 0.1) is 0 Å². The Bertz CT molecular complexity index is 999. The fourth-order valence-corrected chi connectivity index (χ4v) is 2.33. The third-order valence-corrected chi connectivity index (χ3v) is 3.55. The van der Waals surface area contributed by atoms with Crippen LogP contribution in [0.2, 0.25) is 0 Å². The number of rotatable bonds is 6. The molecule has 0 bridgehead atoms. The van der Waals surface area contributed by atoms with Crippen molar-refractivity contribution in [3.05, 3.63) is 87.5 Å². The molecule has 0 saturated carbocycles. The molecule has 3 N–H and O–H groups in total. The maximum Gasteiger partial charge on any atom is 0.363 e. The third-order valence-electron chi connectivity index (χ3n) is 3.55. The zero-order valence-electron chi connectivity index (χ0n) is 13.6. The first-order valence-electron chi connectivity index (χ1n) is 7.74. The smallest absolute Gasteiger partial charge is 0.363 e. The molecular weight excluding hydrogens is 334 g/mol. The largest absolute Gasteiger partial charge is 0.478 e. The highest BCUT2D eigenvalue weighted by Crippen LogP contribution is 2.13. The van der Waals surface area contributed by atoms with E-state index in [1.807, 2.05) is 30.3 Å². The van der Waals surface area contributed by atoms with Gasteiger partial charge in [-0.1, -0.05) is 48.5 Å². The number of carboxylic acids is 1. The molecule has 3 rings (SSSR count). The molecule has 0 atom stereocenters. The molecule has 0 radical (unpaired) electrons. The Hall–Kier alpha value is -3.81. The van der Waals surface area contributed by atoms with E-state index in [1.165, 1.54) is 12.3 Å². The van der Waals surface area contributed by atoms with Crippen molar-refractivity contribution in [1.29, 1.82) is 0 Å². The second-order valence-corrected chi connectivity index (χ2v) is 5.36.